The zero-order valence-electron chi connectivity index (χ0n) is 14.1. The minimum absolute atomic E-state index is 0.0247. The number of rotatable bonds is 3. The zero-order chi connectivity index (χ0) is 18.7. The highest BCUT2D eigenvalue weighted by atomic mass is 35.5. The Balaban J connectivity index is 1.64. The number of benzene rings is 1. The van der Waals surface area contributed by atoms with Crippen LogP contribution < -0.4 is 5.32 Å². The number of aromatic nitrogens is 2. The smallest absolute Gasteiger partial charge is 0.257 e. The third-order valence-corrected chi connectivity index (χ3v) is 4.64. The Kier molecular flexibility index (Phi) is 5.58. The van der Waals surface area contributed by atoms with Crippen molar-refractivity contribution < 1.29 is 9.59 Å². The van der Waals surface area contributed by atoms with Gasteiger partial charge in [0.25, 0.3) is 5.91 Å². The van der Waals surface area contributed by atoms with E-state index in [2.05, 4.69) is 15.3 Å². The number of halogens is 2. The van der Waals surface area contributed by atoms with Crippen LogP contribution in [0.1, 0.15) is 17.3 Å². The molecule has 2 aromatic rings. The maximum atomic E-state index is 12.5. The fourth-order valence-corrected chi connectivity index (χ4v) is 3.08. The van der Waals surface area contributed by atoms with Crippen molar-refractivity contribution in [1.82, 2.24) is 19.8 Å². The molecule has 0 atom stereocenters. The molecule has 136 valence electrons. The van der Waals surface area contributed by atoms with E-state index >= 15 is 0 Å². The number of carbonyl (C=O) groups is 2. The first kappa shape index (κ1) is 18.4. The van der Waals surface area contributed by atoms with Crippen molar-refractivity contribution in [1.29, 1.82) is 0 Å². The Morgan fingerprint density at radius 2 is 1.65 bits per heavy atom. The third-order valence-electron chi connectivity index (χ3n) is 4.09. The van der Waals surface area contributed by atoms with E-state index in [9.17, 15) is 9.59 Å². The maximum Gasteiger partial charge on any atom is 0.257 e. The molecule has 2 heterocycles. The van der Waals surface area contributed by atoms with Crippen molar-refractivity contribution in [3.05, 3.63) is 46.2 Å². The molecule has 7 nitrogen and oxygen atoms in total. The van der Waals surface area contributed by atoms with Gasteiger partial charge in [-0.05, 0) is 18.2 Å². The van der Waals surface area contributed by atoms with Crippen molar-refractivity contribution in [2.75, 3.05) is 31.5 Å². The fraction of sp³-hybridized carbons (Fsp3) is 0.294. The lowest BCUT2D eigenvalue weighted by molar-refractivity contribution is -0.130. The van der Waals surface area contributed by atoms with Crippen LogP contribution >= 0.6 is 23.2 Å². The van der Waals surface area contributed by atoms with Crippen molar-refractivity contribution in [2.45, 2.75) is 6.92 Å². The number of nitrogens with zero attached hydrogens (tertiary/aromatic N) is 4. The highest BCUT2D eigenvalue weighted by molar-refractivity contribution is 6.36. The molecule has 0 spiro atoms. The molecule has 1 N–H and O–H groups in total. The average molecular weight is 394 g/mol. The highest BCUT2D eigenvalue weighted by Gasteiger charge is 2.23. The number of amides is 2. The summed E-state index contributed by atoms with van der Waals surface area (Å²) in [6.07, 6.45) is 2.94. The molecule has 26 heavy (non-hydrogen) atoms. The summed E-state index contributed by atoms with van der Waals surface area (Å²) in [6.45, 7) is 3.61. The summed E-state index contributed by atoms with van der Waals surface area (Å²) < 4.78 is 0. The lowest BCUT2D eigenvalue weighted by atomic mass is 10.2. The van der Waals surface area contributed by atoms with Gasteiger partial charge in [0.05, 0.1) is 16.3 Å². The topological polar surface area (TPSA) is 78.4 Å². The predicted octanol–water partition coefficient (Wildman–Crippen LogP) is 2.83. The minimum Gasteiger partial charge on any atom is -0.339 e. The van der Waals surface area contributed by atoms with Crippen molar-refractivity contribution in [3.8, 4) is 0 Å². The van der Waals surface area contributed by atoms with Crippen molar-refractivity contribution in [3.63, 3.8) is 0 Å². The quantitative estimate of drug-likeness (QED) is 0.866. The van der Waals surface area contributed by atoms with Crippen molar-refractivity contribution >= 4 is 46.7 Å². The highest BCUT2D eigenvalue weighted by Crippen LogP contribution is 2.27. The standard InChI is InChI=1S/C17H17Cl2N5O2/c1-11(25)23-4-6-24(7-5-23)16(26)12-9-20-17(21-10-12)22-15-3-2-13(18)8-14(15)19/h2-3,8-10H,4-7H2,1H3,(H,20,21,22). The van der Waals surface area contributed by atoms with E-state index in [1.807, 2.05) is 0 Å². The number of hydrogen-bond donors (Lipinski definition) is 1. The molecule has 1 aliphatic rings. The summed E-state index contributed by atoms with van der Waals surface area (Å²) in [4.78, 5) is 35.6. The van der Waals surface area contributed by atoms with Gasteiger partial charge < -0.3 is 15.1 Å². The summed E-state index contributed by atoms with van der Waals surface area (Å²) in [7, 11) is 0. The Bertz CT molecular complexity index is 820. The van der Waals surface area contributed by atoms with Crippen LogP contribution in [0.5, 0.6) is 0 Å². The first-order valence-corrected chi connectivity index (χ1v) is 8.78. The number of anilines is 2. The summed E-state index contributed by atoms with van der Waals surface area (Å²) in [5.41, 5.74) is 1.02. The van der Waals surface area contributed by atoms with Gasteiger partial charge in [0, 0.05) is 50.5 Å². The van der Waals surface area contributed by atoms with Gasteiger partial charge in [-0.3, -0.25) is 9.59 Å². The SMILES string of the molecule is CC(=O)N1CCN(C(=O)c2cnc(Nc3ccc(Cl)cc3Cl)nc2)CC1. The van der Waals surface area contributed by atoms with Crippen LogP contribution in [0.3, 0.4) is 0 Å². The molecule has 2 amide bonds. The van der Waals surface area contributed by atoms with Gasteiger partial charge in [0.1, 0.15) is 0 Å². The second kappa shape index (κ2) is 7.88. The van der Waals surface area contributed by atoms with Gasteiger partial charge in [0.2, 0.25) is 11.9 Å². The summed E-state index contributed by atoms with van der Waals surface area (Å²) in [5, 5.41) is 3.96. The van der Waals surface area contributed by atoms with Crippen molar-refractivity contribution in [2.24, 2.45) is 0 Å². The molecule has 0 bridgehead atoms. The Morgan fingerprint density at radius 1 is 1.04 bits per heavy atom. The first-order valence-electron chi connectivity index (χ1n) is 8.03. The average Bonchev–Trinajstić information content (AvgIpc) is 2.64. The lowest BCUT2D eigenvalue weighted by Gasteiger charge is -2.34. The van der Waals surface area contributed by atoms with E-state index < -0.39 is 0 Å². The van der Waals surface area contributed by atoms with Crippen LogP contribution in [0.15, 0.2) is 30.6 Å². The molecule has 1 fully saturated rings. The number of piperazine rings is 1. The lowest BCUT2D eigenvalue weighted by Crippen LogP contribution is -2.50. The van der Waals surface area contributed by atoms with Crippen LogP contribution in [-0.2, 0) is 4.79 Å². The molecule has 0 aliphatic carbocycles. The Labute approximate surface area is 160 Å². The van der Waals surface area contributed by atoms with E-state index in [1.54, 1.807) is 28.0 Å². The molecule has 0 unspecified atom stereocenters. The van der Waals surface area contributed by atoms with E-state index in [0.29, 0.717) is 53.4 Å². The van der Waals surface area contributed by atoms with Gasteiger partial charge in [-0.15, -0.1) is 0 Å². The fourth-order valence-electron chi connectivity index (χ4n) is 2.62. The normalized spacial score (nSPS) is 14.3. The summed E-state index contributed by atoms with van der Waals surface area (Å²) in [6, 6.07) is 5.04. The zero-order valence-corrected chi connectivity index (χ0v) is 15.6. The van der Waals surface area contributed by atoms with Crippen LogP contribution in [-0.4, -0.2) is 57.8 Å². The van der Waals surface area contributed by atoms with Crippen LogP contribution in [0, 0.1) is 0 Å². The van der Waals surface area contributed by atoms with Gasteiger partial charge in [-0.2, -0.15) is 0 Å². The molecular weight excluding hydrogens is 377 g/mol. The number of nitrogens with one attached hydrogen (secondary N) is 1. The third kappa shape index (κ3) is 4.23. The van der Waals surface area contributed by atoms with E-state index in [-0.39, 0.29) is 11.8 Å². The van der Waals surface area contributed by atoms with E-state index in [1.165, 1.54) is 19.3 Å². The molecule has 0 radical (unpaired) electrons. The van der Waals surface area contributed by atoms with Gasteiger partial charge >= 0.3 is 0 Å². The van der Waals surface area contributed by atoms with E-state index in [4.69, 9.17) is 23.2 Å². The second-order valence-corrected chi connectivity index (χ2v) is 6.69. The van der Waals surface area contributed by atoms with Gasteiger partial charge in [-0.25, -0.2) is 9.97 Å². The number of carbonyl (C=O) groups excluding carboxylic acids is 2. The predicted molar refractivity (Wildman–Crippen MR) is 99.9 cm³/mol. The molecule has 0 saturated carbocycles. The number of hydrogen-bond acceptors (Lipinski definition) is 5. The maximum absolute atomic E-state index is 12.5. The van der Waals surface area contributed by atoms with E-state index in [0.717, 1.165) is 0 Å². The molecular formula is C17H17Cl2N5O2. The van der Waals surface area contributed by atoms with Gasteiger partial charge in [-0.1, -0.05) is 23.2 Å². The molecule has 3 rings (SSSR count). The minimum atomic E-state index is -0.149. The largest absolute Gasteiger partial charge is 0.339 e. The van der Waals surface area contributed by atoms with Gasteiger partial charge in [0.15, 0.2) is 0 Å². The van der Waals surface area contributed by atoms with Crippen LogP contribution in [0.25, 0.3) is 0 Å². The van der Waals surface area contributed by atoms with Crippen LogP contribution in [0.2, 0.25) is 10.0 Å². The Hall–Kier alpha value is -2.38. The monoisotopic (exact) mass is 393 g/mol. The van der Waals surface area contributed by atoms with Crippen LogP contribution in [0.4, 0.5) is 11.6 Å². The Morgan fingerprint density at radius 3 is 2.23 bits per heavy atom. The molecule has 1 aromatic heterocycles. The summed E-state index contributed by atoms with van der Waals surface area (Å²) in [5.74, 6) is 0.202. The molecule has 1 saturated heterocycles. The molecule has 1 aliphatic heterocycles. The first-order chi connectivity index (χ1) is 12.4. The molecule has 1 aromatic carbocycles. The molecule has 9 heteroatoms. The second-order valence-electron chi connectivity index (χ2n) is 5.84. The summed E-state index contributed by atoms with van der Waals surface area (Å²) >= 11 is 12.0.